The van der Waals surface area contributed by atoms with E-state index in [0.717, 1.165) is 11.1 Å². The van der Waals surface area contributed by atoms with Crippen LogP contribution < -0.4 is 30.0 Å². The van der Waals surface area contributed by atoms with Crippen LogP contribution in [0.5, 0.6) is 17.2 Å². The number of imidazole rings is 1. The number of sulfonamides is 2. The Morgan fingerprint density at radius 1 is 0.743 bits per heavy atom. The van der Waals surface area contributed by atoms with E-state index in [2.05, 4.69) is 30.3 Å². The topological polar surface area (TPSA) is 259 Å². The SMILES string of the molecule is COc1ccc(CN(Cc2ccc(OC)cc2)S(=O)(=O)c2c(S(=O)(=O)N[C@@H](CCc3ccccc3)CNC(=O)O)ccc(-c3cccc4[nH]c(N)nc34)c2-c2nnn(Cc3ccc(OC)cc3)n2)cc1. The lowest BCUT2D eigenvalue weighted by molar-refractivity contribution is 0.193. The van der Waals surface area contributed by atoms with Gasteiger partial charge in [-0.15, -0.1) is 10.2 Å². The zero-order valence-electron chi connectivity index (χ0n) is 38.3. The summed E-state index contributed by atoms with van der Waals surface area (Å²) in [4.78, 5) is 19.3. The van der Waals surface area contributed by atoms with Crippen molar-refractivity contribution in [2.75, 3.05) is 33.6 Å². The molecule has 0 saturated carbocycles. The van der Waals surface area contributed by atoms with Crippen LogP contribution in [0.3, 0.4) is 0 Å². The fourth-order valence-corrected chi connectivity index (χ4v) is 11.6. The van der Waals surface area contributed by atoms with E-state index in [1.165, 1.54) is 35.5 Å². The molecule has 6 N–H and O–H groups in total. The van der Waals surface area contributed by atoms with Gasteiger partial charge in [-0.05, 0) is 94.4 Å². The molecule has 362 valence electrons. The zero-order chi connectivity index (χ0) is 49.4. The molecule has 19 nitrogen and oxygen atoms in total. The van der Waals surface area contributed by atoms with Gasteiger partial charge in [0.05, 0.1) is 44.5 Å². The number of carboxylic acid groups (broad SMARTS) is 1. The summed E-state index contributed by atoms with van der Waals surface area (Å²) in [6.45, 7) is -0.708. The highest BCUT2D eigenvalue weighted by molar-refractivity contribution is 7.92. The Kier molecular flexibility index (Phi) is 14.7. The highest BCUT2D eigenvalue weighted by Crippen LogP contribution is 2.43. The molecule has 8 aromatic rings. The first-order valence-corrected chi connectivity index (χ1v) is 24.8. The number of nitrogens with two attached hydrogens (primary N) is 1. The number of aromatic amines is 1. The van der Waals surface area contributed by atoms with Crippen LogP contribution >= 0.6 is 0 Å². The van der Waals surface area contributed by atoms with E-state index in [1.807, 2.05) is 42.5 Å². The van der Waals surface area contributed by atoms with Crippen molar-refractivity contribution in [1.82, 2.24) is 44.5 Å². The molecule has 0 radical (unpaired) electrons. The summed E-state index contributed by atoms with van der Waals surface area (Å²) in [6, 6.07) is 36.9. The predicted octanol–water partition coefficient (Wildman–Crippen LogP) is 6.48. The van der Waals surface area contributed by atoms with Crippen LogP contribution in [-0.4, -0.2) is 96.4 Å². The van der Waals surface area contributed by atoms with Crippen LogP contribution in [0.4, 0.5) is 10.7 Å². The molecule has 6 aromatic carbocycles. The summed E-state index contributed by atoms with van der Waals surface area (Å²) in [5, 5.41) is 25.4. The number of aromatic nitrogens is 6. The smallest absolute Gasteiger partial charge is 0.404 e. The van der Waals surface area contributed by atoms with Crippen molar-refractivity contribution >= 4 is 43.1 Å². The average Bonchev–Trinajstić information content (AvgIpc) is 4.00. The third kappa shape index (κ3) is 11.2. The van der Waals surface area contributed by atoms with Gasteiger partial charge in [-0.3, -0.25) is 0 Å². The van der Waals surface area contributed by atoms with Crippen molar-refractivity contribution in [2.24, 2.45) is 0 Å². The standard InChI is InChI=1S/C49H50N10O9S2/c1-66-37-20-13-33(14-21-37)29-58(30-34-15-22-38(67-2)23-16-34)70(64,65)46-43(69(62,63)56-36(28-51-49(60)61)19-12-32-8-5-4-6-9-32)27-26-40(41-10-7-11-42-45(41)53-48(50)52-42)44(46)47-54-57-59(55-47)31-35-17-24-39(68-3)25-18-35/h4-11,13-18,20-27,36,51,56H,12,19,28-31H2,1-3H3,(H,60,61)(H3,50,52,53)/t36-/m0/s1. The van der Waals surface area contributed by atoms with Crippen LogP contribution in [-0.2, 0) is 46.1 Å². The molecule has 0 spiro atoms. The number of tetrazole rings is 1. The van der Waals surface area contributed by atoms with Crippen molar-refractivity contribution in [3.8, 4) is 39.8 Å². The molecule has 70 heavy (non-hydrogen) atoms. The number of rotatable bonds is 21. The number of methoxy groups -OCH3 is 3. The molecule has 0 saturated heterocycles. The number of benzene rings is 6. The molecule has 0 aliphatic heterocycles. The lowest BCUT2D eigenvalue weighted by atomic mass is 9.98. The Labute approximate surface area is 404 Å². The number of nitrogen functional groups attached to an aromatic ring is 1. The van der Waals surface area contributed by atoms with Gasteiger partial charge in [0.1, 0.15) is 27.0 Å². The van der Waals surface area contributed by atoms with Gasteiger partial charge in [-0.1, -0.05) is 84.9 Å². The quantitative estimate of drug-likeness (QED) is 0.0517. The molecule has 0 aliphatic rings. The van der Waals surface area contributed by atoms with Crippen molar-refractivity contribution in [1.29, 1.82) is 0 Å². The predicted molar refractivity (Wildman–Crippen MR) is 262 cm³/mol. The molecule has 0 unspecified atom stereocenters. The highest BCUT2D eigenvalue weighted by Gasteiger charge is 2.39. The van der Waals surface area contributed by atoms with E-state index >= 15 is 16.8 Å². The third-order valence-corrected chi connectivity index (χ3v) is 15.0. The third-order valence-electron chi connectivity index (χ3n) is 11.5. The number of fused-ring (bicyclic) bond motifs is 1. The summed E-state index contributed by atoms with van der Waals surface area (Å²) < 4.78 is 83.0. The van der Waals surface area contributed by atoms with E-state index in [0.29, 0.717) is 51.4 Å². The number of aryl methyl sites for hydroxylation is 1. The van der Waals surface area contributed by atoms with Gasteiger partial charge in [0, 0.05) is 31.2 Å². The van der Waals surface area contributed by atoms with Crippen molar-refractivity contribution in [3.05, 3.63) is 156 Å². The monoisotopic (exact) mass is 986 g/mol. The number of amides is 1. The van der Waals surface area contributed by atoms with Crippen LogP contribution in [0, 0.1) is 0 Å². The van der Waals surface area contributed by atoms with Crippen molar-refractivity contribution in [3.63, 3.8) is 0 Å². The second kappa shape index (κ2) is 21.2. The van der Waals surface area contributed by atoms with Gasteiger partial charge >= 0.3 is 6.09 Å². The second-order valence-corrected chi connectivity index (χ2v) is 19.7. The summed E-state index contributed by atoms with van der Waals surface area (Å²) in [7, 11) is -5.33. The minimum absolute atomic E-state index is 0.0884. The first-order chi connectivity index (χ1) is 33.7. The number of ether oxygens (including phenoxy) is 3. The van der Waals surface area contributed by atoms with E-state index < -0.39 is 42.0 Å². The Morgan fingerprint density at radius 3 is 1.93 bits per heavy atom. The molecule has 2 aromatic heterocycles. The molecule has 1 amide bonds. The first kappa shape index (κ1) is 48.6. The van der Waals surface area contributed by atoms with Gasteiger partial charge in [-0.25, -0.2) is 31.3 Å². The molecule has 0 aliphatic carbocycles. The Morgan fingerprint density at radius 2 is 1.34 bits per heavy atom. The zero-order valence-corrected chi connectivity index (χ0v) is 39.9. The lowest BCUT2D eigenvalue weighted by Gasteiger charge is -2.27. The van der Waals surface area contributed by atoms with Crippen LogP contribution in [0.2, 0.25) is 0 Å². The Bertz CT molecular complexity index is 3270. The molecule has 21 heteroatoms. The Balaban J connectivity index is 1.37. The summed E-state index contributed by atoms with van der Waals surface area (Å²) in [6.07, 6.45) is -0.870. The molecule has 0 fully saturated rings. The fourth-order valence-electron chi connectivity index (χ4n) is 7.96. The maximum absolute atomic E-state index is 16.2. The molecule has 8 rings (SSSR count). The maximum atomic E-state index is 16.2. The van der Waals surface area contributed by atoms with E-state index in [1.54, 1.807) is 86.0 Å². The number of H-pyrrole nitrogens is 1. The average molecular weight is 987 g/mol. The second-order valence-electron chi connectivity index (χ2n) is 16.1. The number of anilines is 1. The van der Waals surface area contributed by atoms with Gasteiger partial charge in [0.15, 0.2) is 5.95 Å². The minimum Gasteiger partial charge on any atom is -0.497 e. The number of hydrogen-bond acceptors (Lipinski definition) is 13. The number of nitrogens with one attached hydrogen (secondary N) is 3. The van der Waals surface area contributed by atoms with E-state index in [4.69, 9.17) is 25.0 Å². The molecule has 0 bridgehead atoms. The van der Waals surface area contributed by atoms with Gasteiger partial charge in [0.2, 0.25) is 25.9 Å². The lowest BCUT2D eigenvalue weighted by Crippen LogP contribution is -2.44. The fraction of sp³-hybridized carbons (Fsp3) is 0.204. The van der Waals surface area contributed by atoms with Crippen LogP contribution in [0.1, 0.15) is 28.7 Å². The van der Waals surface area contributed by atoms with Crippen LogP contribution in [0.25, 0.3) is 33.5 Å². The Hall–Kier alpha value is -7.85. The van der Waals surface area contributed by atoms with Gasteiger partial charge < -0.3 is 35.4 Å². The number of hydrogen-bond donors (Lipinski definition) is 5. The molecule has 2 heterocycles. The van der Waals surface area contributed by atoms with E-state index in [9.17, 15) is 9.90 Å². The van der Waals surface area contributed by atoms with Gasteiger partial charge in [-0.2, -0.15) is 9.10 Å². The normalized spacial score (nSPS) is 12.2. The minimum atomic E-state index is -5.02. The largest absolute Gasteiger partial charge is 0.497 e. The summed E-state index contributed by atoms with van der Waals surface area (Å²) in [5.74, 6) is 1.58. The summed E-state index contributed by atoms with van der Waals surface area (Å²) in [5.41, 5.74) is 10.2. The number of carbonyl (C=O) groups is 1. The number of para-hydroxylation sites is 1. The molecule has 1 atom stereocenters. The maximum Gasteiger partial charge on any atom is 0.404 e. The molecular weight excluding hydrogens is 937 g/mol. The van der Waals surface area contributed by atoms with E-state index in [-0.39, 0.29) is 55.5 Å². The van der Waals surface area contributed by atoms with Gasteiger partial charge in [0.25, 0.3) is 0 Å². The molecular formula is C49H50N10O9S2. The van der Waals surface area contributed by atoms with Crippen molar-refractivity contribution in [2.45, 2.75) is 48.3 Å². The van der Waals surface area contributed by atoms with Crippen molar-refractivity contribution < 1.29 is 40.9 Å². The first-order valence-electron chi connectivity index (χ1n) is 21.9. The highest BCUT2D eigenvalue weighted by atomic mass is 32.2. The van der Waals surface area contributed by atoms with Crippen LogP contribution in [0.15, 0.2) is 143 Å². The summed E-state index contributed by atoms with van der Waals surface area (Å²) >= 11 is 0. The number of nitrogens with zero attached hydrogens (tertiary/aromatic N) is 6.